The van der Waals surface area contributed by atoms with Crippen LogP contribution in [-0.4, -0.2) is 30.6 Å². The van der Waals surface area contributed by atoms with E-state index in [1.807, 2.05) is 6.92 Å². The van der Waals surface area contributed by atoms with Crippen LogP contribution >= 0.6 is 6.83 Å². The van der Waals surface area contributed by atoms with E-state index in [-0.39, 0.29) is 5.97 Å². The zero-order valence-corrected chi connectivity index (χ0v) is 14.0. The Morgan fingerprint density at radius 1 is 0.778 bits per heavy atom. The summed E-state index contributed by atoms with van der Waals surface area (Å²) in [4.78, 5) is 11.9. The number of rotatable bonds is 10. The Hall–Kier alpha value is -0.100. The molecule has 0 heterocycles. The molecule has 0 aliphatic heterocycles. The molecule has 0 rings (SSSR count). The summed E-state index contributed by atoms with van der Waals surface area (Å²) >= 11 is 0. The third kappa shape index (κ3) is 4.53. The Balaban J connectivity index is 5.38. The standard InChI is InChI=1S/C15H33O2P/c1-6-11-18(12-7-2,13-8-3,14-9-4)17-15(16)10-5/h6-14H2,1-5H3. The molecule has 0 fully saturated rings. The molecule has 0 amide bonds. The molecular formula is C15H33O2P. The molecular weight excluding hydrogens is 243 g/mol. The van der Waals surface area contributed by atoms with Crippen molar-refractivity contribution in [2.75, 3.05) is 24.6 Å². The Morgan fingerprint density at radius 2 is 1.11 bits per heavy atom. The van der Waals surface area contributed by atoms with Gasteiger partial charge in [0, 0.05) is 0 Å². The van der Waals surface area contributed by atoms with E-state index >= 15 is 0 Å². The maximum atomic E-state index is 11.9. The zero-order valence-electron chi connectivity index (χ0n) is 13.1. The van der Waals surface area contributed by atoms with Crippen LogP contribution < -0.4 is 0 Å². The van der Waals surface area contributed by atoms with Gasteiger partial charge in [-0.25, -0.2) is 0 Å². The van der Waals surface area contributed by atoms with Crippen molar-refractivity contribution in [3.8, 4) is 0 Å². The summed E-state index contributed by atoms with van der Waals surface area (Å²) in [6.07, 6.45) is 9.57. The fourth-order valence-electron chi connectivity index (χ4n) is 3.47. The molecule has 2 nitrogen and oxygen atoms in total. The van der Waals surface area contributed by atoms with E-state index in [1.54, 1.807) is 0 Å². The molecule has 0 unspecified atom stereocenters. The van der Waals surface area contributed by atoms with Crippen molar-refractivity contribution in [3.05, 3.63) is 0 Å². The fourth-order valence-corrected chi connectivity index (χ4v) is 10.4. The van der Waals surface area contributed by atoms with Gasteiger partial charge in [0.05, 0.1) is 0 Å². The first kappa shape index (κ1) is 17.9. The van der Waals surface area contributed by atoms with Gasteiger partial charge in [0.25, 0.3) is 0 Å². The van der Waals surface area contributed by atoms with Crippen molar-refractivity contribution in [1.29, 1.82) is 0 Å². The molecule has 110 valence electrons. The predicted molar refractivity (Wildman–Crippen MR) is 83.9 cm³/mol. The van der Waals surface area contributed by atoms with Gasteiger partial charge in [-0.05, 0) is 0 Å². The van der Waals surface area contributed by atoms with Crippen LogP contribution in [0.15, 0.2) is 0 Å². The van der Waals surface area contributed by atoms with Crippen LogP contribution in [0.3, 0.4) is 0 Å². The monoisotopic (exact) mass is 276 g/mol. The Labute approximate surface area is 114 Å². The van der Waals surface area contributed by atoms with Crippen LogP contribution in [0.1, 0.15) is 66.7 Å². The fraction of sp³-hybridized carbons (Fsp3) is 0.933. The second kappa shape index (κ2) is 8.15. The van der Waals surface area contributed by atoms with E-state index in [0.29, 0.717) is 6.42 Å². The molecule has 0 aliphatic carbocycles. The summed E-state index contributed by atoms with van der Waals surface area (Å²) in [7, 11) is 0. The van der Waals surface area contributed by atoms with Crippen LogP contribution in [0, 0.1) is 0 Å². The Kier molecular flexibility index (Phi) is 8.10. The molecule has 0 aromatic rings. The molecule has 0 radical (unpaired) electrons. The molecule has 0 spiro atoms. The van der Waals surface area contributed by atoms with Gasteiger partial charge in [-0.1, -0.05) is 0 Å². The van der Waals surface area contributed by atoms with Crippen molar-refractivity contribution in [2.45, 2.75) is 66.7 Å². The van der Waals surface area contributed by atoms with Crippen LogP contribution in [0.4, 0.5) is 0 Å². The van der Waals surface area contributed by atoms with Gasteiger partial charge < -0.3 is 0 Å². The summed E-state index contributed by atoms with van der Waals surface area (Å²) in [6.45, 7) is 8.54. The molecule has 0 aromatic carbocycles. The van der Waals surface area contributed by atoms with E-state index < -0.39 is 6.83 Å². The predicted octanol–water partition coefficient (Wildman–Crippen LogP) is 5.05. The van der Waals surface area contributed by atoms with Gasteiger partial charge in [-0.3, -0.25) is 0 Å². The molecule has 0 aliphatic rings. The van der Waals surface area contributed by atoms with Crippen molar-refractivity contribution in [2.24, 2.45) is 0 Å². The second-order valence-electron chi connectivity index (χ2n) is 5.57. The van der Waals surface area contributed by atoms with Crippen molar-refractivity contribution >= 4 is 12.8 Å². The molecule has 0 saturated heterocycles. The van der Waals surface area contributed by atoms with E-state index in [0.717, 1.165) is 50.3 Å². The van der Waals surface area contributed by atoms with Gasteiger partial charge in [0.1, 0.15) is 0 Å². The maximum absolute atomic E-state index is 11.9. The molecule has 0 aromatic heterocycles. The Morgan fingerprint density at radius 3 is 1.33 bits per heavy atom. The van der Waals surface area contributed by atoms with E-state index in [9.17, 15) is 4.79 Å². The molecule has 18 heavy (non-hydrogen) atoms. The summed E-state index contributed by atoms with van der Waals surface area (Å²) in [5, 5.41) is 0. The van der Waals surface area contributed by atoms with E-state index in [4.69, 9.17) is 4.52 Å². The zero-order chi connectivity index (χ0) is 14.1. The topological polar surface area (TPSA) is 26.3 Å². The van der Waals surface area contributed by atoms with E-state index in [1.165, 1.54) is 0 Å². The molecule has 0 bridgehead atoms. The third-order valence-corrected chi connectivity index (χ3v) is 10.8. The van der Waals surface area contributed by atoms with Gasteiger partial charge >= 0.3 is 113 Å². The third-order valence-electron chi connectivity index (χ3n) is 3.81. The Bertz CT molecular complexity index is 215. The average Bonchev–Trinajstić information content (AvgIpc) is 2.30. The van der Waals surface area contributed by atoms with Crippen molar-refractivity contribution < 1.29 is 9.32 Å². The van der Waals surface area contributed by atoms with Crippen molar-refractivity contribution in [1.82, 2.24) is 0 Å². The first-order chi connectivity index (χ1) is 8.51. The molecule has 0 N–H and O–H groups in total. The van der Waals surface area contributed by atoms with Crippen LogP contribution in [0.5, 0.6) is 0 Å². The van der Waals surface area contributed by atoms with Crippen molar-refractivity contribution in [3.63, 3.8) is 0 Å². The quantitative estimate of drug-likeness (QED) is 0.522. The first-order valence-electron chi connectivity index (χ1n) is 7.74. The van der Waals surface area contributed by atoms with Gasteiger partial charge in [-0.2, -0.15) is 0 Å². The minimum absolute atomic E-state index is 0.0245. The van der Waals surface area contributed by atoms with Crippen LogP contribution in [-0.2, 0) is 9.32 Å². The van der Waals surface area contributed by atoms with Crippen LogP contribution in [0.25, 0.3) is 0 Å². The first-order valence-corrected chi connectivity index (χ1v) is 10.6. The SMILES string of the molecule is CCCP(CCC)(CCC)(CCC)OC(=O)CC. The van der Waals surface area contributed by atoms with Gasteiger partial charge in [0.15, 0.2) is 0 Å². The minimum atomic E-state index is -2.26. The summed E-state index contributed by atoms with van der Waals surface area (Å²) in [5.41, 5.74) is 0. The van der Waals surface area contributed by atoms with Gasteiger partial charge in [-0.15, -0.1) is 0 Å². The number of hydrogen-bond acceptors (Lipinski definition) is 2. The average molecular weight is 276 g/mol. The number of carbonyl (C=O) groups is 1. The number of carbonyl (C=O) groups excluding carboxylic acids is 1. The molecule has 3 heteroatoms. The summed E-state index contributed by atoms with van der Waals surface area (Å²) in [6, 6.07) is 0. The van der Waals surface area contributed by atoms with Gasteiger partial charge in [0.2, 0.25) is 0 Å². The molecule has 0 atom stereocenters. The second-order valence-corrected chi connectivity index (χ2v) is 11.3. The summed E-state index contributed by atoms with van der Waals surface area (Å²) in [5.74, 6) is 0.0245. The van der Waals surface area contributed by atoms with E-state index in [2.05, 4.69) is 27.7 Å². The normalized spacial score (nSPS) is 13.9. The van der Waals surface area contributed by atoms with Crippen LogP contribution in [0.2, 0.25) is 0 Å². The number of hydrogen-bond donors (Lipinski definition) is 0. The summed E-state index contributed by atoms with van der Waals surface area (Å²) < 4.78 is 6.23. The molecule has 0 saturated carbocycles.